The first kappa shape index (κ1) is 77.9. The molecule has 0 aromatic heterocycles. The Kier molecular flexibility index (Phi) is 67.6. The summed E-state index contributed by atoms with van der Waals surface area (Å²) < 4.78 is 17.0. The van der Waals surface area contributed by atoms with Crippen molar-refractivity contribution in [3.8, 4) is 0 Å². The molecular weight excluding hydrogens is 985 g/mol. The van der Waals surface area contributed by atoms with Crippen LogP contribution < -0.4 is 0 Å². The smallest absolute Gasteiger partial charge is 0.306 e. The predicted molar refractivity (Wildman–Crippen MR) is 349 cm³/mol. The van der Waals surface area contributed by atoms with E-state index in [1.54, 1.807) is 0 Å². The zero-order valence-corrected chi connectivity index (χ0v) is 54.4. The Balaban J connectivity index is 4.19. The van der Waals surface area contributed by atoms with Crippen LogP contribution in [0.4, 0.5) is 0 Å². The molecular formula is C74H140O6. The van der Waals surface area contributed by atoms with Gasteiger partial charge < -0.3 is 14.2 Å². The number of esters is 3. The highest BCUT2D eigenvalue weighted by atomic mass is 16.6. The van der Waals surface area contributed by atoms with Gasteiger partial charge in [-0.1, -0.05) is 347 Å². The molecule has 0 radical (unpaired) electrons. The van der Waals surface area contributed by atoms with E-state index in [-0.39, 0.29) is 31.1 Å². The first-order valence-corrected chi connectivity index (χ1v) is 36.3. The Hall–Kier alpha value is -2.11. The van der Waals surface area contributed by atoms with Gasteiger partial charge in [0, 0.05) is 19.3 Å². The molecule has 1 atom stereocenters. The number of unbranched alkanes of at least 4 members (excludes halogenated alkanes) is 53. The van der Waals surface area contributed by atoms with Crippen LogP contribution in [0.5, 0.6) is 0 Å². The van der Waals surface area contributed by atoms with E-state index in [0.717, 1.165) is 64.2 Å². The van der Waals surface area contributed by atoms with Crippen molar-refractivity contribution in [1.29, 1.82) is 0 Å². The second-order valence-corrected chi connectivity index (χ2v) is 24.9. The van der Waals surface area contributed by atoms with E-state index < -0.39 is 6.10 Å². The quantitative estimate of drug-likeness (QED) is 0.0261. The molecule has 0 bridgehead atoms. The van der Waals surface area contributed by atoms with E-state index in [9.17, 15) is 14.4 Å². The predicted octanol–water partition coefficient (Wildman–Crippen LogP) is 25.0. The number of carbonyl (C=O) groups is 3. The molecule has 0 aromatic carbocycles. The minimum atomic E-state index is -0.771. The molecule has 0 spiro atoms. The number of hydrogen-bond acceptors (Lipinski definition) is 6. The fraction of sp³-hybridized carbons (Fsp3) is 0.905. The summed E-state index contributed by atoms with van der Waals surface area (Å²) in [5, 5.41) is 0. The van der Waals surface area contributed by atoms with Gasteiger partial charge in [0.05, 0.1) is 0 Å². The molecule has 472 valence electrons. The maximum Gasteiger partial charge on any atom is 0.306 e. The van der Waals surface area contributed by atoms with Crippen molar-refractivity contribution < 1.29 is 28.6 Å². The Morgan fingerprint density at radius 1 is 0.237 bits per heavy atom. The van der Waals surface area contributed by atoms with Crippen LogP contribution in [0, 0.1) is 0 Å². The summed E-state index contributed by atoms with van der Waals surface area (Å²) in [6.07, 6.45) is 85.0. The van der Waals surface area contributed by atoms with Gasteiger partial charge >= 0.3 is 17.9 Å². The van der Waals surface area contributed by atoms with Crippen LogP contribution >= 0.6 is 0 Å². The molecule has 0 aromatic rings. The Morgan fingerprint density at radius 2 is 0.412 bits per heavy atom. The average molecular weight is 1130 g/mol. The number of rotatable bonds is 68. The van der Waals surface area contributed by atoms with Crippen molar-refractivity contribution >= 4 is 17.9 Å². The summed E-state index contributed by atoms with van der Waals surface area (Å²) in [5.74, 6) is -0.842. The zero-order chi connectivity index (χ0) is 57.8. The first-order valence-electron chi connectivity index (χ1n) is 36.3. The fourth-order valence-electron chi connectivity index (χ4n) is 11.2. The van der Waals surface area contributed by atoms with Gasteiger partial charge in [0.2, 0.25) is 0 Å². The van der Waals surface area contributed by atoms with Gasteiger partial charge in [-0.25, -0.2) is 0 Å². The molecule has 0 aliphatic carbocycles. The molecule has 0 amide bonds. The molecule has 0 saturated heterocycles. The molecule has 1 unspecified atom stereocenters. The van der Waals surface area contributed by atoms with Crippen LogP contribution in [0.1, 0.15) is 412 Å². The lowest BCUT2D eigenvalue weighted by molar-refractivity contribution is -0.167. The number of ether oxygens (including phenoxy) is 3. The van der Waals surface area contributed by atoms with Crippen molar-refractivity contribution in [3.63, 3.8) is 0 Å². The molecule has 0 aliphatic heterocycles. The van der Waals surface area contributed by atoms with E-state index in [2.05, 4.69) is 45.1 Å². The van der Waals surface area contributed by atoms with Crippen molar-refractivity contribution in [2.75, 3.05) is 13.2 Å². The standard InChI is InChI=1S/C74H140O6/c1-4-7-10-13-16-19-22-25-28-30-32-33-34-35-36-37-38-39-40-41-42-44-46-49-52-55-58-61-64-67-73(76)79-70-71(69-78-72(75)66-63-60-57-54-51-48-45-27-24-21-18-15-12-9-6-3)80-74(77)68-65-62-59-56-53-50-47-43-31-29-26-23-20-17-14-11-8-5-2/h27,30,32,45,71H,4-26,28-29,31,33-44,46-70H2,1-3H3/b32-30-,45-27-. The van der Waals surface area contributed by atoms with Crippen molar-refractivity contribution in [2.24, 2.45) is 0 Å². The average Bonchev–Trinajstić information content (AvgIpc) is 3.46. The molecule has 80 heavy (non-hydrogen) atoms. The topological polar surface area (TPSA) is 78.9 Å². The molecule has 0 N–H and O–H groups in total. The van der Waals surface area contributed by atoms with Gasteiger partial charge in [0.1, 0.15) is 13.2 Å². The third-order valence-electron chi connectivity index (χ3n) is 16.7. The number of hydrogen-bond donors (Lipinski definition) is 0. The minimum Gasteiger partial charge on any atom is -0.462 e. The Morgan fingerprint density at radius 3 is 0.625 bits per heavy atom. The summed E-state index contributed by atoms with van der Waals surface area (Å²) in [4.78, 5) is 38.4. The molecule has 6 nitrogen and oxygen atoms in total. The molecule has 0 aliphatic rings. The summed E-state index contributed by atoms with van der Waals surface area (Å²) in [7, 11) is 0. The van der Waals surface area contributed by atoms with E-state index in [0.29, 0.717) is 19.3 Å². The molecule has 0 heterocycles. The van der Waals surface area contributed by atoms with Gasteiger partial charge in [0.25, 0.3) is 0 Å². The molecule has 0 rings (SSSR count). The maximum absolute atomic E-state index is 12.9. The summed E-state index contributed by atoms with van der Waals surface area (Å²) in [6.45, 7) is 6.71. The van der Waals surface area contributed by atoms with Crippen molar-refractivity contribution in [3.05, 3.63) is 24.3 Å². The van der Waals surface area contributed by atoms with Crippen molar-refractivity contribution in [1.82, 2.24) is 0 Å². The van der Waals surface area contributed by atoms with E-state index in [1.807, 2.05) is 0 Å². The molecule has 0 saturated carbocycles. The fourth-order valence-corrected chi connectivity index (χ4v) is 11.2. The van der Waals surface area contributed by atoms with Crippen LogP contribution in [-0.4, -0.2) is 37.2 Å². The van der Waals surface area contributed by atoms with Crippen LogP contribution in [0.15, 0.2) is 24.3 Å². The van der Waals surface area contributed by atoms with Crippen molar-refractivity contribution in [2.45, 2.75) is 419 Å². The maximum atomic E-state index is 12.9. The largest absolute Gasteiger partial charge is 0.462 e. The van der Waals surface area contributed by atoms with Gasteiger partial charge in [-0.3, -0.25) is 14.4 Å². The lowest BCUT2D eigenvalue weighted by Crippen LogP contribution is -2.30. The van der Waals surface area contributed by atoms with Crippen LogP contribution in [0.3, 0.4) is 0 Å². The Labute approximate surface area is 500 Å². The second-order valence-electron chi connectivity index (χ2n) is 24.9. The SMILES string of the molecule is CCCCCCCC/C=C\CCCCCCCC(=O)OCC(COC(=O)CCCCCCCCCCCCCCCCCCC/C=C\CCCCCCCCCC)OC(=O)CCCCCCCCCCCCCCCCCCCC. The third-order valence-corrected chi connectivity index (χ3v) is 16.7. The van der Waals surface area contributed by atoms with E-state index in [1.165, 1.54) is 308 Å². The number of carbonyl (C=O) groups excluding carboxylic acids is 3. The lowest BCUT2D eigenvalue weighted by Gasteiger charge is -2.18. The molecule has 6 heteroatoms. The zero-order valence-electron chi connectivity index (χ0n) is 54.4. The highest BCUT2D eigenvalue weighted by Crippen LogP contribution is 2.19. The van der Waals surface area contributed by atoms with Gasteiger partial charge in [-0.05, 0) is 70.6 Å². The highest BCUT2D eigenvalue weighted by molar-refractivity contribution is 5.71. The Bertz CT molecular complexity index is 1290. The van der Waals surface area contributed by atoms with Crippen LogP contribution in [-0.2, 0) is 28.6 Å². The normalized spacial score (nSPS) is 12.1. The van der Waals surface area contributed by atoms with Crippen LogP contribution in [0.25, 0.3) is 0 Å². The van der Waals surface area contributed by atoms with Crippen LogP contribution in [0.2, 0.25) is 0 Å². The second kappa shape index (κ2) is 69.4. The lowest BCUT2D eigenvalue weighted by atomic mass is 10.0. The first-order chi connectivity index (χ1) is 39.5. The number of allylic oxidation sites excluding steroid dienone is 4. The third kappa shape index (κ3) is 66.7. The molecule has 0 fully saturated rings. The van der Waals surface area contributed by atoms with Gasteiger partial charge in [-0.2, -0.15) is 0 Å². The van der Waals surface area contributed by atoms with E-state index >= 15 is 0 Å². The highest BCUT2D eigenvalue weighted by Gasteiger charge is 2.19. The van der Waals surface area contributed by atoms with Gasteiger partial charge in [0.15, 0.2) is 6.10 Å². The van der Waals surface area contributed by atoms with Gasteiger partial charge in [-0.15, -0.1) is 0 Å². The van der Waals surface area contributed by atoms with E-state index in [4.69, 9.17) is 14.2 Å². The minimum absolute atomic E-state index is 0.0673. The summed E-state index contributed by atoms with van der Waals surface area (Å²) in [6, 6.07) is 0. The monoisotopic (exact) mass is 1130 g/mol. The summed E-state index contributed by atoms with van der Waals surface area (Å²) in [5.41, 5.74) is 0. The summed E-state index contributed by atoms with van der Waals surface area (Å²) >= 11 is 0.